The Bertz CT molecular complexity index is 371. The van der Waals surface area contributed by atoms with E-state index in [4.69, 9.17) is 4.74 Å². The van der Waals surface area contributed by atoms with Crippen LogP contribution < -0.4 is 5.32 Å². The summed E-state index contributed by atoms with van der Waals surface area (Å²) in [7, 11) is 0. The summed E-state index contributed by atoms with van der Waals surface area (Å²) in [6.07, 6.45) is 2.74. The average molecular weight is 247 g/mol. The van der Waals surface area contributed by atoms with Crippen molar-refractivity contribution in [2.24, 2.45) is 0 Å². The molecule has 0 radical (unpaired) electrons. The first-order chi connectivity index (χ1) is 8.49. The lowest BCUT2D eigenvalue weighted by Crippen LogP contribution is -2.40. The van der Waals surface area contributed by atoms with Gasteiger partial charge in [0.2, 0.25) is 0 Å². The molecule has 0 spiro atoms. The molecule has 0 heterocycles. The van der Waals surface area contributed by atoms with Crippen LogP contribution in [-0.4, -0.2) is 18.8 Å². The predicted molar refractivity (Wildman–Crippen MR) is 77.2 cm³/mol. The van der Waals surface area contributed by atoms with E-state index in [1.165, 1.54) is 11.3 Å². The molecule has 0 atom stereocenters. The summed E-state index contributed by atoms with van der Waals surface area (Å²) >= 11 is 0. The number of rotatable bonds is 4. The minimum atomic E-state index is 0.231. The minimum absolute atomic E-state index is 0.231. The van der Waals surface area contributed by atoms with E-state index < -0.39 is 0 Å². The van der Waals surface area contributed by atoms with Crippen LogP contribution in [0.4, 0.5) is 5.69 Å². The van der Waals surface area contributed by atoms with Crippen LogP contribution >= 0.6 is 0 Å². The highest BCUT2D eigenvalue weighted by molar-refractivity contribution is 5.47. The lowest BCUT2D eigenvalue weighted by atomic mass is 9.86. The van der Waals surface area contributed by atoms with Crippen LogP contribution in [0.2, 0.25) is 0 Å². The Hall–Kier alpha value is -1.02. The Labute approximate surface area is 111 Å². The van der Waals surface area contributed by atoms with E-state index in [2.05, 4.69) is 57.3 Å². The highest BCUT2D eigenvalue weighted by Crippen LogP contribution is 2.28. The van der Waals surface area contributed by atoms with E-state index in [0.29, 0.717) is 12.1 Å². The van der Waals surface area contributed by atoms with Gasteiger partial charge >= 0.3 is 0 Å². The largest absolute Gasteiger partial charge is 0.382 e. The van der Waals surface area contributed by atoms with E-state index in [1.54, 1.807) is 0 Å². The van der Waals surface area contributed by atoms with Crippen molar-refractivity contribution < 1.29 is 4.74 Å². The molecule has 1 saturated carbocycles. The number of hydrogen-bond acceptors (Lipinski definition) is 2. The Morgan fingerprint density at radius 2 is 1.78 bits per heavy atom. The molecule has 18 heavy (non-hydrogen) atoms. The highest BCUT2D eigenvalue weighted by atomic mass is 16.5. The average Bonchev–Trinajstić information content (AvgIpc) is 2.26. The van der Waals surface area contributed by atoms with Crippen molar-refractivity contribution in [3.63, 3.8) is 0 Å². The Kier molecular flexibility index (Phi) is 3.96. The fourth-order valence-electron chi connectivity index (χ4n) is 2.36. The van der Waals surface area contributed by atoms with Crippen LogP contribution in [0.25, 0.3) is 0 Å². The van der Waals surface area contributed by atoms with E-state index in [1.807, 2.05) is 0 Å². The lowest BCUT2D eigenvalue weighted by molar-refractivity contribution is 0.00299. The molecule has 0 aromatic heterocycles. The lowest BCUT2D eigenvalue weighted by Gasteiger charge is -2.36. The second-order valence-electron chi connectivity index (χ2n) is 6.22. The third-order valence-electron chi connectivity index (χ3n) is 3.62. The van der Waals surface area contributed by atoms with Crippen LogP contribution in [0.5, 0.6) is 0 Å². The van der Waals surface area contributed by atoms with Crippen LogP contribution in [0.3, 0.4) is 0 Å². The smallest absolute Gasteiger partial charge is 0.0614 e. The summed E-state index contributed by atoms with van der Waals surface area (Å²) in [6, 6.07) is 9.41. The second kappa shape index (κ2) is 5.31. The molecular weight excluding hydrogens is 222 g/mol. The van der Waals surface area contributed by atoms with Gasteiger partial charge in [0.25, 0.3) is 0 Å². The van der Waals surface area contributed by atoms with Crippen molar-refractivity contribution in [1.82, 2.24) is 0 Å². The van der Waals surface area contributed by atoms with Gasteiger partial charge in [-0.15, -0.1) is 0 Å². The molecular formula is C16H25NO. The SMILES string of the molecule is CCOC1CC(Nc2ccc(C(C)(C)C)cc2)C1. The fourth-order valence-corrected chi connectivity index (χ4v) is 2.36. The monoisotopic (exact) mass is 247 g/mol. The third kappa shape index (κ3) is 3.26. The van der Waals surface area contributed by atoms with Gasteiger partial charge in [-0.05, 0) is 42.9 Å². The van der Waals surface area contributed by atoms with Crippen molar-refractivity contribution in [2.75, 3.05) is 11.9 Å². The molecule has 0 unspecified atom stereocenters. The molecule has 0 aliphatic heterocycles. The van der Waals surface area contributed by atoms with Gasteiger partial charge in [-0.3, -0.25) is 0 Å². The molecule has 0 amide bonds. The summed E-state index contributed by atoms with van der Waals surface area (Å²) in [5.74, 6) is 0. The van der Waals surface area contributed by atoms with Crippen LogP contribution in [0, 0.1) is 0 Å². The molecule has 1 aliphatic rings. The quantitative estimate of drug-likeness (QED) is 0.869. The van der Waals surface area contributed by atoms with Crippen LogP contribution in [-0.2, 0) is 10.2 Å². The number of nitrogens with one attached hydrogen (secondary N) is 1. The van der Waals surface area contributed by atoms with Gasteiger partial charge in [0.15, 0.2) is 0 Å². The zero-order valence-corrected chi connectivity index (χ0v) is 12.0. The zero-order chi connectivity index (χ0) is 13.2. The maximum absolute atomic E-state index is 5.57. The third-order valence-corrected chi connectivity index (χ3v) is 3.62. The molecule has 1 aliphatic carbocycles. The summed E-state index contributed by atoms with van der Waals surface area (Å²) in [5.41, 5.74) is 2.84. The van der Waals surface area contributed by atoms with E-state index >= 15 is 0 Å². The van der Waals surface area contributed by atoms with Crippen molar-refractivity contribution in [2.45, 2.75) is 58.1 Å². The summed E-state index contributed by atoms with van der Waals surface area (Å²) in [5, 5.41) is 3.57. The van der Waals surface area contributed by atoms with Crippen molar-refractivity contribution in [1.29, 1.82) is 0 Å². The minimum Gasteiger partial charge on any atom is -0.382 e. The normalized spacial score (nSPS) is 23.6. The number of ether oxygens (including phenoxy) is 1. The van der Waals surface area contributed by atoms with E-state index in [0.717, 1.165) is 19.4 Å². The molecule has 1 aromatic rings. The summed E-state index contributed by atoms with van der Waals surface area (Å²) < 4.78 is 5.57. The molecule has 1 N–H and O–H groups in total. The van der Waals surface area contributed by atoms with Crippen molar-refractivity contribution in [3.8, 4) is 0 Å². The van der Waals surface area contributed by atoms with E-state index in [-0.39, 0.29) is 5.41 Å². The van der Waals surface area contributed by atoms with Gasteiger partial charge in [-0.2, -0.15) is 0 Å². The van der Waals surface area contributed by atoms with Gasteiger partial charge in [0, 0.05) is 18.3 Å². The van der Waals surface area contributed by atoms with Crippen molar-refractivity contribution >= 4 is 5.69 Å². The summed E-state index contributed by atoms with van der Waals surface area (Å²) in [4.78, 5) is 0. The van der Waals surface area contributed by atoms with Gasteiger partial charge in [0.05, 0.1) is 6.10 Å². The number of anilines is 1. The Morgan fingerprint density at radius 3 is 2.28 bits per heavy atom. The van der Waals surface area contributed by atoms with Crippen LogP contribution in [0.1, 0.15) is 46.1 Å². The molecule has 0 saturated heterocycles. The van der Waals surface area contributed by atoms with Gasteiger partial charge < -0.3 is 10.1 Å². The second-order valence-corrected chi connectivity index (χ2v) is 6.22. The number of benzene rings is 1. The first-order valence-corrected chi connectivity index (χ1v) is 6.97. The summed E-state index contributed by atoms with van der Waals surface area (Å²) in [6.45, 7) is 9.62. The first kappa shape index (κ1) is 13.4. The Morgan fingerprint density at radius 1 is 1.17 bits per heavy atom. The highest BCUT2D eigenvalue weighted by Gasteiger charge is 2.29. The standard InChI is InChI=1S/C16H25NO/c1-5-18-15-10-14(11-15)17-13-8-6-12(7-9-13)16(2,3)4/h6-9,14-15,17H,5,10-11H2,1-4H3. The predicted octanol–water partition coefficient (Wildman–Crippen LogP) is 3.96. The first-order valence-electron chi connectivity index (χ1n) is 6.97. The van der Waals surface area contributed by atoms with Crippen molar-refractivity contribution in [3.05, 3.63) is 29.8 Å². The van der Waals surface area contributed by atoms with E-state index in [9.17, 15) is 0 Å². The fraction of sp³-hybridized carbons (Fsp3) is 0.625. The maximum Gasteiger partial charge on any atom is 0.0614 e. The van der Waals surface area contributed by atoms with Gasteiger partial charge in [-0.25, -0.2) is 0 Å². The Balaban J connectivity index is 1.85. The van der Waals surface area contributed by atoms with Gasteiger partial charge in [0.1, 0.15) is 0 Å². The molecule has 2 heteroatoms. The van der Waals surface area contributed by atoms with Crippen LogP contribution in [0.15, 0.2) is 24.3 Å². The molecule has 2 nitrogen and oxygen atoms in total. The zero-order valence-electron chi connectivity index (χ0n) is 12.0. The topological polar surface area (TPSA) is 21.3 Å². The molecule has 1 aromatic carbocycles. The maximum atomic E-state index is 5.57. The number of hydrogen-bond donors (Lipinski definition) is 1. The molecule has 2 rings (SSSR count). The van der Waals surface area contributed by atoms with Gasteiger partial charge in [-0.1, -0.05) is 32.9 Å². The molecule has 0 bridgehead atoms. The molecule has 1 fully saturated rings. The molecule has 100 valence electrons.